The van der Waals surface area contributed by atoms with Crippen molar-refractivity contribution >= 4 is 23.2 Å². The SMILES string of the molecule is COC1CCN(c2cccc(-c3cnc(N)c(-c4ccc(NC(=O)c5c(C)n(C)n(-c6cccc(C)c6)c5=O)cc4)n3)n2)CC1. The zero-order valence-corrected chi connectivity index (χ0v) is 25.8. The average Bonchev–Trinajstić information content (AvgIpc) is 3.28. The summed E-state index contributed by atoms with van der Waals surface area (Å²) in [6.07, 6.45) is 3.84. The molecule has 5 aromatic rings. The molecule has 1 fully saturated rings. The van der Waals surface area contributed by atoms with E-state index in [4.69, 9.17) is 20.4 Å². The number of nitrogens with two attached hydrogens (primary N) is 1. The molecule has 1 saturated heterocycles. The number of pyridine rings is 1. The van der Waals surface area contributed by atoms with Crippen LogP contribution >= 0.6 is 0 Å². The van der Waals surface area contributed by atoms with Crippen LogP contribution in [-0.4, -0.2) is 56.5 Å². The van der Waals surface area contributed by atoms with Crippen LogP contribution in [0.3, 0.4) is 0 Å². The molecule has 1 aliphatic heterocycles. The molecule has 0 saturated carbocycles. The molecule has 11 nitrogen and oxygen atoms in total. The van der Waals surface area contributed by atoms with Crippen molar-refractivity contribution in [2.45, 2.75) is 32.8 Å². The van der Waals surface area contributed by atoms with Gasteiger partial charge in [0.05, 0.1) is 29.4 Å². The van der Waals surface area contributed by atoms with Crippen molar-refractivity contribution in [2.24, 2.45) is 7.05 Å². The van der Waals surface area contributed by atoms with Gasteiger partial charge in [-0.05, 0) is 68.7 Å². The fraction of sp³-hybridized carbons (Fsp3) is 0.265. The smallest absolute Gasteiger partial charge is 0.284 e. The van der Waals surface area contributed by atoms with Gasteiger partial charge in [0.25, 0.3) is 11.5 Å². The summed E-state index contributed by atoms with van der Waals surface area (Å²) in [7, 11) is 3.52. The van der Waals surface area contributed by atoms with Crippen molar-refractivity contribution in [2.75, 3.05) is 36.1 Å². The minimum atomic E-state index is -0.481. The van der Waals surface area contributed by atoms with Crippen molar-refractivity contribution in [3.8, 4) is 28.3 Å². The second kappa shape index (κ2) is 12.4. The van der Waals surface area contributed by atoms with Gasteiger partial charge in [0.15, 0.2) is 0 Å². The summed E-state index contributed by atoms with van der Waals surface area (Å²) in [5, 5.41) is 2.86. The predicted octanol–water partition coefficient (Wildman–Crippen LogP) is 4.76. The number of hydrogen-bond acceptors (Lipinski definition) is 8. The first kappa shape index (κ1) is 29.8. The molecule has 1 amide bonds. The number of nitrogens with zero attached hydrogens (tertiary/aromatic N) is 6. The number of nitrogen functional groups attached to an aromatic ring is 1. The van der Waals surface area contributed by atoms with E-state index in [2.05, 4.69) is 15.2 Å². The topological polar surface area (TPSA) is 133 Å². The Morgan fingerprint density at radius 3 is 2.42 bits per heavy atom. The molecular weight excluding hydrogens is 568 g/mol. The van der Waals surface area contributed by atoms with E-state index < -0.39 is 5.91 Å². The van der Waals surface area contributed by atoms with E-state index in [1.807, 2.05) is 61.5 Å². The van der Waals surface area contributed by atoms with Gasteiger partial charge in [-0.2, -0.15) is 0 Å². The van der Waals surface area contributed by atoms with Gasteiger partial charge in [0.1, 0.15) is 28.6 Å². The number of hydrogen-bond donors (Lipinski definition) is 2. The number of amides is 1. The van der Waals surface area contributed by atoms with Gasteiger partial charge in [0.2, 0.25) is 0 Å². The lowest BCUT2D eigenvalue weighted by molar-refractivity contribution is 0.0818. The molecule has 0 unspecified atom stereocenters. The number of carbonyl (C=O) groups is 1. The Morgan fingerprint density at radius 2 is 1.71 bits per heavy atom. The molecule has 4 heterocycles. The largest absolute Gasteiger partial charge is 0.382 e. The molecule has 0 spiro atoms. The number of benzene rings is 2. The van der Waals surface area contributed by atoms with E-state index in [9.17, 15) is 9.59 Å². The van der Waals surface area contributed by atoms with Gasteiger partial charge in [0, 0.05) is 38.5 Å². The highest BCUT2D eigenvalue weighted by Crippen LogP contribution is 2.28. The van der Waals surface area contributed by atoms with Gasteiger partial charge >= 0.3 is 0 Å². The van der Waals surface area contributed by atoms with Crippen LogP contribution in [0.5, 0.6) is 0 Å². The van der Waals surface area contributed by atoms with Crippen LogP contribution in [0, 0.1) is 13.8 Å². The summed E-state index contributed by atoms with van der Waals surface area (Å²) in [5.74, 6) is 0.692. The van der Waals surface area contributed by atoms with Crippen LogP contribution in [0.15, 0.2) is 77.7 Å². The Balaban J connectivity index is 1.21. The predicted molar refractivity (Wildman–Crippen MR) is 176 cm³/mol. The highest BCUT2D eigenvalue weighted by Gasteiger charge is 2.23. The molecule has 0 atom stereocenters. The summed E-state index contributed by atoms with van der Waals surface area (Å²) >= 11 is 0. The minimum Gasteiger partial charge on any atom is -0.382 e. The standard InChI is InChI=1S/C34H36N8O3/c1-21-7-5-8-25(19-21)42-34(44)30(22(2)40(42)3)33(43)37-24-13-11-23(12-14-24)31-32(35)36-20-28(39-31)27-9-6-10-29(38-27)41-17-15-26(45-4)16-18-41/h5-14,19-20,26H,15-18H2,1-4H3,(H2,35,36)(H,37,43). The van der Waals surface area contributed by atoms with Crippen LogP contribution in [0.1, 0.15) is 34.5 Å². The number of piperidine rings is 1. The number of anilines is 3. The molecule has 45 heavy (non-hydrogen) atoms. The number of aromatic nitrogens is 5. The zero-order chi connectivity index (χ0) is 31.7. The zero-order valence-electron chi connectivity index (χ0n) is 25.8. The summed E-state index contributed by atoms with van der Waals surface area (Å²) in [5.41, 5.74) is 11.3. The normalized spacial score (nSPS) is 13.6. The average molecular weight is 605 g/mol. The van der Waals surface area contributed by atoms with Gasteiger partial charge in [-0.1, -0.05) is 30.3 Å². The molecule has 0 aliphatic carbocycles. The van der Waals surface area contributed by atoms with E-state index in [0.717, 1.165) is 42.9 Å². The molecule has 6 rings (SSSR count). The molecule has 11 heteroatoms. The van der Waals surface area contributed by atoms with Crippen molar-refractivity contribution in [3.05, 3.63) is 100 Å². The van der Waals surface area contributed by atoms with E-state index in [0.29, 0.717) is 34.2 Å². The second-order valence-corrected chi connectivity index (χ2v) is 11.3. The van der Waals surface area contributed by atoms with Crippen LogP contribution in [0.2, 0.25) is 0 Å². The Morgan fingerprint density at radius 1 is 0.978 bits per heavy atom. The first-order valence-electron chi connectivity index (χ1n) is 14.9. The Kier molecular flexibility index (Phi) is 8.18. The van der Waals surface area contributed by atoms with Crippen molar-refractivity contribution < 1.29 is 9.53 Å². The van der Waals surface area contributed by atoms with E-state index in [-0.39, 0.29) is 23.0 Å². The highest BCUT2D eigenvalue weighted by molar-refractivity contribution is 6.05. The van der Waals surface area contributed by atoms with Crippen molar-refractivity contribution in [1.82, 2.24) is 24.3 Å². The van der Waals surface area contributed by atoms with Crippen LogP contribution in [0.4, 0.5) is 17.3 Å². The summed E-state index contributed by atoms with van der Waals surface area (Å²) in [6.45, 7) is 5.47. The summed E-state index contributed by atoms with van der Waals surface area (Å²) in [4.78, 5) is 43.0. The van der Waals surface area contributed by atoms with Gasteiger partial charge in [-0.25, -0.2) is 19.6 Å². The van der Waals surface area contributed by atoms with E-state index >= 15 is 0 Å². The fourth-order valence-corrected chi connectivity index (χ4v) is 5.72. The number of methoxy groups -OCH3 is 1. The number of nitrogens with one attached hydrogen (secondary N) is 1. The van der Waals surface area contributed by atoms with Crippen LogP contribution < -0.4 is 21.5 Å². The fourth-order valence-electron chi connectivity index (χ4n) is 5.72. The van der Waals surface area contributed by atoms with Crippen molar-refractivity contribution in [1.29, 1.82) is 0 Å². The molecule has 0 bridgehead atoms. The maximum Gasteiger partial charge on any atom is 0.284 e. The summed E-state index contributed by atoms with van der Waals surface area (Å²) in [6, 6.07) is 20.6. The third-order valence-corrected chi connectivity index (χ3v) is 8.34. The summed E-state index contributed by atoms with van der Waals surface area (Å²) < 4.78 is 8.70. The minimum absolute atomic E-state index is 0.0868. The molecule has 1 aliphatic rings. The van der Waals surface area contributed by atoms with Crippen molar-refractivity contribution in [3.63, 3.8) is 0 Å². The van der Waals surface area contributed by atoms with E-state index in [1.54, 1.807) is 44.1 Å². The van der Waals surface area contributed by atoms with E-state index in [1.165, 1.54) is 4.68 Å². The molecule has 230 valence electrons. The highest BCUT2D eigenvalue weighted by atomic mass is 16.5. The first-order valence-corrected chi connectivity index (χ1v) is 14.9. The Bertz CT molecular complexity index is 1920. The number of rotatable bonds is 7. The molecular formula is C34H36N8O3. The van der Waals surface area contributed by atoms with Crippen LogP contribution in [-0.2, 0) is 11.8 Å². The maximum absolute atomic E-state index is 13.4. The molecule has 2 aromatic carbocycles. The number of aryl methyl sites for hydroxylation is 1. The van der Waals surface area contributed by atoms with Gasteiger partial charge in [-0.15, -0.1) is 0 Å². The van der Waals surface area contributed by atoms with Crippen LogP contribution in [0.25, 0.3) is 28.3 Å². The lowest BCUT2D eigenvalue weighted by Crippen LogP contribution is -2.37. The second-order valence-electron chi connectivity index (χ2n) is 11.3. The third kappa shape index (κ3) is 5.94. The molecule has 0 radical (unpaired) electrons. The Labute approximate surface area is 261 Å². The van der Waals surface area contributed by atoms with Gasteiger partial charge in [-0.3, -0.25) is 14.3 Å². The lowest BCUT2D eigenvalue weighted by Gasteiger charge is -2.32. The number of ether oxygens (including phenoxy) is 1. The molecule has 3 N–H and O–H groups in total. The van der Waals surface area contributed by atoms with Gasteiger partial charge < -0.3 is 20.7 Å². The quantitative estimate of drug-likeness (QED) is 0.272. The maximum atomic E-state index is 13.4. The number of carbonyl (C=O) groups excluding carboxylic acids is 1. The third-order valence-electron chi connectivity index (χ3n) is 8.34. The monoisotopic (exact) mass is 604 g/mol. The Hall–Kier alpha value is -5.29. The first-order chi connectivity index (χ1) is 21.7. The molecule has 3 aromatic heterocycles. The lowest BCUT2D eigenvalue weighted by atomic mass is 10.1.